The molecule has 1 aliphatic heterocycles. The van der Waals surface area contributed by atoms with E-state index in [9.17, 15) is 9.18 Å². The first-order chi connectivity index (χ1) is 14.1. The molecule has 1 amide bonds. The number of hydrogen-bond donors (Lipinski definition) is 1. The summed E-state index contributed by atoms with van der Waals surface area (Å²) < 4.78 is 13.2. The molecular weight excluding hydrogens is 365 g/mol. The molecule has 0 radical (unpaired) electrons. The maximum Gasteiger partial charge on any atom is 0.249 e. The van der Waals surface area contributed by atoms with Crippen molar-refractivity contribution in [3.05, 3.63) is 83.3 Å². The molecule has 2 aromatic carbocycles. The largest absolute Gasteiger partial charge is 0.366 e. The third kappa shape index (κ3) is 3.86. The van der Waals surface area contributed by atoms with Crippen molar-refractivity contribution in [3.8, 4) is 11.1 Å². The molecule has 2 heterocycles. The standard InChI is InChI=1S/C24H24FN3O/c1-2-16-5-3-4-6-20(16)17-7-9-21(22(13-17)24(26)29)18-11-12-28(15-18)23-10-8-19(25)14-27-23/h3-10,13-14,18H,2,11-12,15H2,1H3,(H2,26,29). The van der Waals surface area contributed by atoms with E-state index >= 15 is 0 Å². The van der Waals surface area contributed by atoms with Crippen molar-refractivity contribution in [1.82, 2.24) is 4.98 Å². The Morgan fingerprint density at radius 3 is 2.76 bits per heavy atom. The van der Waals surface area contributed by atoms with Crippen LogP contribution < -0.4 is 10.6 Å². The average molecular weight is 389 g/mol. The van der Waals surface area contributed by atoms with Gasteiger partial charge in [-0.25, -0.2) is 9.37 Å². The van der Waals surface area contributed by atoms with Gasteiger partial charge in [0, 0.05) is 24.6 Å². The summed E-state index contributed by atoms with van der Waals surface area (Å²) >= 11 is 0. The molecule has 4 nitrogen and oxygen atoms in total. The molecular formula is C24H24FN3O. The molecule has 1 saturated heterocycles. The zero-order valence-electron chi connectivity index (χ0n) is 16.4. The minimum atomic E-state index is -0.408. The van der Waals surface area contributed by atoms with E-state index < -0.39 is 5.91 Å². The zero-order valence-corrected chi connectivity index (χ0v) is 16.4. The second-order valence-corrected chi connectivity index (χ2v) is 7.44. The summed E-state index contributed by atoms with van der Waals surface area (Å²) in [5.74, 6) is 0.181. The molecule has 0 bridgehead atoms. The number of amides is 1. The fraction of sp³-hybridized carbons (Fsp3) is 0.250. The highest BCUT2D eigenvalue weighted by molar-refractivity contribution is 5.96. The van der Waals surface area contributed by atoms with Crippen LogP contribution in [0, 0.1) is 5.82 Å². The van der Waals surface area contributed by atoms with Gasteiger partial charge in [-0.15, -0.1) is 0 Å². The van der Waals surface area contributed by atoms with Crippen molar-refractivity contribution >= 4 is 11.7 Å². The number of aryl methyl sites for hydroxylation is 1. The highest BCUT2D eigenvalue weighted by Crippen LogP contribution is 2.34. The molecule has 29 heavy (non-hydrogen) atoms. The lowest BCUT2D eigenvalue weighted by Gasteiger charge is -2.19. The van der Waals surface area contributed by atoms with Gasteiger partial charge in [-0.3, -0.25) is 4.79 Å². The van der Waals surface area contributed by atoms with E-state index in [2.05, 4.69) is 35.0 Å². The van der Waals surface area contributed by atoms with Crippen LogP contribution in [0.2, 0.25) is 0 Å². The number of rotatable bonds is 5. The van der Waals surface area contributed by atoms with Gasteiger partial charge in [0.2, 0.25) is 5.91 Å². The van der Waals surface area contributed by atoms with Crippen LogP contribution in [-0.4, -0.2) is 24.0 Å². The average Bonchev–Trinajstić information content (AvgIpc) is 3.24. The number of aromatic nitrogens is 1. The maximum absolute atomic E-state index is 13.2. The highest BCUT2D eigenvalue weighted by Gasteiger charge is 2.28. The number of nitrogens with zero attached hydrogens (tertiary/aromatic N) is 2. The monoisotopic (exact) mass is 389 g/mol. The van der Waals surface area contributed by atoms with E-state index in [-0.39, 0.29) is 11.7 Å². The Labute approximate surface area is 170 Å². The predicted molar refractivity (Wildman–Crippen MR) is 114 cm³/mol. The van der Waals surface area contributed by atoms with Crippen LogP contribution in [0.3, 0.4) is 0 Å². The Kier molecular flexibility index (Phi) is 5.30. The van der Waals surface area contributed by atoms with Gasteiger partial charge in [0.1, 0.15) is 11.6 Å². The molecule has 1 aliphatic rings. The van der Waals surface area contributed by atoms with Gasteiger partial charge in [-0.1, -0.05) is 43.3 Å². The van der Waals surface area contributed by atoms with E-state index in [1.54, 1.807) is 6.07 Å². The lowest BCUT2D eigenvalue weighted by Crippen LogP contribution is -2.21. The number of primary amides is 1. The number of nitrogens with two attached hydrogens (primary N) is 1. The first-order valence-electron chi connectivity index (χ1n) is 9.95. The molecule has 4 rings (SSSR count). The van der Waals surface area contributed by atoms with Gasteiger partial charge >= 0.3 is 0 Å². The van der Waals surface area contributed by atoms with Crippen LogP contribution >= 0.6 is 0 Å². The van der Waals surface area contributed by atoms with Gasteiger partial charge in [-0.05, 0) is 53.3 Å². The van der Waals surface area contributed by atoms with E-state index in [1.807, 2.05) is 24.3 Å². The number of halogens is 1. The summed E-state index contributed by atoms with van der Waals surface area (Å²) in [6.45, 7) is 3.66. The molecule has 148 valence electrons. The van der Waals surface area contributed by atoms with Crippen molar-refractivity contribution in [2.45, 2.75) is 25.7 Å². The third-order valence-corrected chi connectivity index (χ3v) is 5.69. The lowest BCUT2D eigenvalue weighted by molar-refractivity contribution is 0.0999. The fourth-order valence-electron chi connectivity index (χ4n) is 4.18. The Morgan fingerprint density at radius 2 is 2.03 bits per heavy atom. The van der Waals surface area contributed by atoms with Crippen LogP contribution in [0.4, 0.5) is 10.2 Å². The SMILES string of the molecule is CCc1ccccc1-c1ccc(C2CCN(c3ccc(F)cn3)C2)c(C(N)=O)c1. The van der Waals surface area contributed by atoms with E-state index in [4.69, 9.17) is 5.73 Å². The highest BCUT2D eigenvalue weighted by atomic mass is 19.1. The minimum absolute atomic E-state index is 0.180. The molecule has 3 aromatic rings. The summed E-state index contributed by atoms with van der Waals surface area (Å²) in [4.78, 5) is 18.6. The Hall–Kier alpha value is -3.21. The Balaban J connectivity index is 1.64. The number of benzene rings is 2. The Morgan fingerprint density at radius 1 is 1.21 bits per heavy atom. The molecule has 1 fully saturated rings. The summed E-state index contributed by atoms with van der Waals surface area (Å²) in [5.41, 5.74) is 10.7. The summed E-state index contributed by atoms with van der Waals surface area (Å²) in [5, 5.41) is 0. The topological polar surface area (TPSA) is 59.2 Å². The fourth-order valence-corrected chi connectivity index (χ4v) is 4.18. The van der Waals surface area contributed by atoms with Crippen LogP contribution in [0.15, 0.2) is 60.8 Å². The van der Waals surface area contributed by atoms with Gasteiger partial charge in [0.05, 0.1) is 6.20 Å². The number of pyridine rings is 1. The van der Waals surface area contributed by atoms with Gasteiger partial charge < -0.3 is 10.6 Å². The van der Waals surface area contributed by atoms with Crippen molar-refractivity contribution in [2.24, 2.45) is 5.73 Å². The molecule has 2 N–H and O–H groups in total. The predicted octanol–water partition coefficient (Wildman–Crippen LogP) is 4.54. The van der Waals surface area contributed by atoms with Crippen LogP contribution in [-0.2, 0) is 6.42 Å². The second-order valence-electron chi connectivity index (χ2n) is 7.44. The number of hydrogen-bond acceptors (Lipinski definition) is 3. The van der Waals surface area contributed by atoms with Crippen LogP contribution in [0.25, 0.3) is 11.1 Å². The Bertz CT molecular complexity index is 1030. The molecule has 0 spiro atoms. The summed E-state index contributed by atoms with van der Waals surface area (Å²) in [7, 11) is 0. The van der Waals surface area contributed by atoms with Gasteiger partial charge in [-0.2, -0.15) is 0 Å². The lowest BCUT2D eigenvalue weighted by atomic mass is 9.89. The van der Waals surface area contributed by atoms with Gasteiger partial charge in [0.25, 0.3) is 0 Å². The number of anilines is 1. The van der Waals surface area contributed by atoms with E-state index in [0.717, 1.165) is 48.4 Å². The quantitative estimate of drug-likeness (QED) is 0.697. The first-order valence-corrected chi connectivity index (χ1v) is 9.95. The van der Waals surface area contributed by atoms with Crippen LogP contribution in [0.5, 0.6) is 0 Å². The van der Waals surface area contributed by atoms with Crippen molar-refractivity contribution in [2.75, 3.05) is 18.0 Å². The minimum Gasteiger partial charge on any atom is -0.366 e. The zero-order chi connectivity index (χ0) is 20.4. The first kappa shape index (κ1) is 19.1. The summed E-state index contributed by atoms with van der Waals surface area (Å²) in [6, 6.07) is 17.4. The molecule has 5 heteroatoms. The van der Waals surface area contributed by atoms with Crippen molar-refractivity contribution in [3.63, 3.8) is 0 Å². The maximum atomic E-state index is 13.2. The van der Waals surface area contributed by atoms with Crippen molar-refractivity contribution in [1.29, 1.82) is 0 Å². The number of carbonyl (C=O) groups is 1. The molecule has 0 aliphatic carbocycles. The summed E-state index contributed by atoms with van der Waals surface area (Å²) in [6.07, 6.45) is 3.05. The molecule has 1 unspecified atom stereocenters. The molecule has 0 saturated carbocycles. The van der Waals surface area contributed by atoms with Gasteiger partial charge in [0.15, 0.2) is 0 Å². The van der Waals surface area contributed by atoms with E-state index in [1.165, 1.54) is 17.8 Å². The number of carbonyl (C=O) groups excluding carboxylic acids is 1. The smallest absolute Gasteiger partial charge is 0.249 e. The second kappa shape index (κ2) is 8.03. The molecule has 1 aromatic heterocycles. The normalized spacial score (nSPS) is 16.2. The third-order valence-electron chi connectivity index (χ3n) is 5.69. The van der Waals surface area contributed by atoms with Crippen LogP contribution in [0.1, 0.15) is 40.7 Å². The molecule has 1 atom stereocenters. The van der Waals surface area contributed by atoms with Crippen molar-refractivity contribution < 1.29 is 9.18 Å². The van der Waals surface area contributed by atoms with E-state index in [0.29, 0.717) is 5.56 Å².